The fraction of sp³-hybridized carbons (Fsp3) is 0.333. The van der Waals surface area contributed by atoms with E-state index in [1.165, 1.54) is 12.0 Å². The number of piperidine rings is 1. The van der Waals surface area contributed by atoms with E-state index in [-0.39, 0.29) is 5.91 Å². The lowest BCUT2D eigenvalue weighted by atomic mass is 9.98. The van der Waals surface area contributed by atoms with Gasteiger partial charge in [0.25, 0.3) is 5.91 Å². The first kappa shape index (κ1) is 19.1. The van der Waals surface area contributed by atoms with Crippen molar-refractivity contribution in [1.82, 2.24) is 9.88 Å². The van der Waals surface area contributed by atoms with Crippen LogP contribution in [0, 0.1) is 5.92 Å². The van der Waals surface area contributed by atoms with Gasteiger partial charge in [-0.3, -0.25) is 4.79 Å². The summed E-state index contributed by atoms with van der Waals surface area (Å²) < 4.78 is 0.961. The summed E-state index contributed by atoms with van der Waals surface area (Å²) in [6, 6.07) is 16.4. The zero-order chi connectivity index (χ0) is 19.7. The summed E-state index contributed by atoms with van der Waals surface area (Å²) >= 11 is 3.55. The second-order valence-corrected chi connectivity index (χ2v) is 8.68. The highest BCUT2D eigenvalue weighted by molar-refractivity contribution is 9.10. The summed E-state index contributed by atoms with van der Waals surface area (Å²) in [6.45, 7) is 6.04. The van der Waals surface area contributed by atoms with Crippen LogP contribution in [0.5, 0.6) is 0 Å². The van der Waals surface area contributed by atoms with E-state index in [1.54, 1.807) is 0 Å². The molecule has 1 aliphatic heterocycles. The number of likely N-dealkylation sites (tertiary alicyclic amines) is 1. The monoisotopic (exact) mass is 436 g/mol. The van der Waals surface area contributed by atoms with Crippen molar-refractivity contribution in [2.75, 3.05) is 13.1 Å². The van der Waals surface area contributed by atoms with Crippen molar-refractivity contribution >= 4 is 32.7 Å². The Kier molecular flexibility index (Phi) is 5.49. The molecule has 0 aliphatic carbocycles. The van der Waals surface area contributed by atoms with Gasteiger partial charge < -0.3 is 4.90 Å². The minimum absolute atomic E-state index is 0.114. The van der Waals surface area contributed by atoms with Crippen molar-refractivity contribution in [2.45, 2.75) is 33.1 Å². The first-order valence-electron chi connectivity index (χ1n) is 10.0. The molecule has 3 nitrogen and oxygen atoms in total. The maximum atomic E-state index is 13.4. The fourth-order valence-corrected chi connectivity index (χ4v) is 4.34. The van der Waals surface area contributed by atoms with E-state index in [2.05, 4.69) is 54.0 Å². The number of halogens is 1. The van der Waals surface area contributed by atoms with E-state index in [1.807, 2.05) is 29.2 Å². The van der Waals surface area contributed by atoms with E-state index in [4.69, 9.17) is 4.98 Å². The molecule has 0 saturated carbocycles. The summed E-state index contributed by atoms with van der Waals surface area (Å²) in [5.74, 6) is 0.669. The number of rotatable bonds is 3. The molecule has 4 rings (SSSR count). The molecule has 144 valence electrons. The zero-order valence-corrected chi connectivity index (χ0v) is 18.0. The fourth-order valence-electron chi connectivity index (χ4n) is 3.98. The van der Waals surface area contributed by atoms with Gasteiger partial charge in [-0.25, -0.2) is 4.98 Å². The first-order chi connectivity index (χ1) is 13.5. The maximum absolute atomic E-state index is 13.4. The predicted octanol–water partition coefficient (Wildman–Crippen LogP) is 6.10. The minimum atomic E-state index is 0.114. The van der Waals surface area contributed by atoms with E-state index >= 15 is 0 Å². The van der Waals surface area contributed by atoms with Gasteiger partial charge in [-0.1, -0.05) is 54.0 Å². The highest BCUT2D eigenvalue weighted by Crippen LogP contribution is 2.29. The number of benzene rings is 2. The molecule has 1 fully saturated rings. The van der Waals surface area contributed by atoms with Crippen LogP contribution < -0.4 is 0 Å². The molecule has 1 amide bonds. The van der Waals surface area contributed by atoms with E-state index in [9.17, 15) is 4.79 Å². The number of pyridine rings is 1. The number of hydrogen-bond acceptors (Lipinski definition) is 2. The van der Waals surface area contributed by atoms with Crippen LogP contribution >= 0.6 is 15.9 Å². The van der Waals surface area contributed by atoms with E-state index < -0.39 is 0 Å². The van der Waals surface area contributed by atoms with Crippen LogP contribution in [-0.4, -0.2) is 28.9 Å². The van der Waals surface area contributed by atoms with Gasteiger partial charge in [-0.2, -0.15) is 0 Å². The molecule has 1 aliphatic rings. The normalized spacial score (nSPS) is 17.1. The molecular formula is C24H25BrN2O. The van der Waals surface area contributed by atoms with Crippen LogP contribution in [0.2, 0.25) is 0 Å². The smallest absolute Gasteiger partial charge is 0.254 e. The van der Waals surface area contributed by atoms with Crippen molar-refractivity contribution in [3.8, 4) is 11.3 Å². The molecule has 2 aromatic carbocycles. The number of aromatic nitrogens is 1. The van der Waals surface area contributed by atoms with Gasteiger partial charge in [0.2, 0.25) is 0 Å². The highest BCUT2D eigenvalue weighted by atomic mass is 79.9. The Bertz CT molecular complexity index is 1010. The van der Waals surface area contributed by atoms with Crippen molar-refractivity contribution in [3.63, 3.8) is 0 Å². The van der Waals surface area contributed by atoms with Gasteiger partial charge in [-0.05, 0) is 55.0 Å². The van der Waals surface area contributed by atoms with Gasteiger partial charge in [0, 0.05) is 28.5 Å². The topological polar surface area (TPSA) is 33.2 Å². The molecule has 28 heavy (non-hydrogen) atoms. The molecule has 1 aromatic heterocycles. The SMILES string of the molecule is CCc1ccc(-c2cc(C(=O)N3CCCC(C)C3)c3cc(Br)ccc3n2)cc1. The Morgan fingerprint density at radius 1 is 1.18 bits per heavy atom. The molecule has 0 spiro atoms. The number of nitrogens with zero attached hydrogens (tertiary/aromatic N) is 2. The maximum Gasteiger partial charge on any atom is 0.254 e. The van der Waals surface area contributed by atoms with Crippen molar-refractivity contribution < 1.29 is 4.79 Å². The standard InChI is InChI=1S/C24H25BrN2O/c1-3-17-6-8-18(9-7-17)23-14-21(20-13-19(25)10-11-22(20)26-23)24(28)27-12-4-5-16(2)15-27/h6-11,13-14,16H,3-5,12,15H2,1-2H3. The Morgan fingerprint density at radius 3 is 2.68 bits per heavy atom. The van der Waals surface area contributed by atoms with Gasteiger partial charge in [0.05, 0.1) is 16.8 Å². The molecule has 0 bridgehead atoms. The lowest BCUT2D eigenvalue weighted by Gasteiger charge is -2.31. The van der Waals surface area contributed by atoms with Gasteiger partial charge in [-0.15, -0.1) is 0 Å². The van der Waals surface area contributed by atoms with Crippen LogP contribution in [0.3, 0.4) is 0 Å². The molecule has 1 atom stereocenters. The third-order valence-electron chi connectivity index (χ3n) is 5.60. The number of carbonyl (C=O) groups is 1. The second-order valence-electron chi connectivity index (χ2n) is 7.77. The molecule has 3 aromatic rings. The Labute approximate surface area is 174 Å². The van der Waals surface area contributed by atoms with Gasteiger partial charge in [0.15, 0.2) is 0 Å². The predicted molar refractivity (Wildman–Crippen MR) is 119 cm³/mol. The highest BCUT2D eigenvalue weighted by Gasteiger charge is 2.24. The number of hydrogen-bond donors (Lipinski definition) is 0. The van der Waals surface area contributed by atoms with Crippen LogP contribution in [0.1, 0.15) is 42.6 Å². The molecule has 4 heteroatoms. The van der Waals surface area contributed by atoms with Crippen molar-refractivity contribution in [3.05, 3.63) is 64.1 Å². The molecule has 0 N–H and O–H groups in total. The molecule has 1 saturated heterocycles. The van der Waals surface area contributed by atoms with Crippen molar-refractivity contribution in [2.24, 2.45) is 5.92 Å². The van der Waals surface area contributed by atoms with Gasteiger partial charge in [0.1, 0.15) is 0 Å². The van der Waals surface area contributed by atoms with Crippen LogP contribution in [0.15, 0.2) is 53.0 Å². The average Bonchev–Trinajstić information content (AvgIpc) is 2.72. The summed E-state index contributed by atoms with van der Waals surface area (Å²) in [7, 11) is 0. The molecule has 0 radical (unpaired) electrons. The van der Waals surface area contributed by atoms with E-state index in [0.29, 0.717) is 5.92 Å². The molecule has 1 unspecified atom stereocenters. The summed E-state index contributed by atoms with van der Waals surface area (Å²) in [5.41, 5.74) is 4.80. The quantitative estimate of drug-likeness (QED) is 0.496. The second kappa shape index (κ2) is 8.04. The summed E-state index contributed by atoms with van der Waals surface area (Å²) in [5, 5.41) is 0.909. The van der Waals surface area contributed by atoms with Crippen molar-refractivity contribution in [1.29, 1.82) is 0 Å². The Balaban J connectivity index is 1.82. The minimum Gasteiger partial charge on any atom is -0.338 e. The Hall–Kier alpha value is -2.20. The molecule has 2 heterocycles. The third kappa shape index (κ3) is 3.83. The number of carbonyl (C=O) groups excluding carboxylic acids is 1. The largest absolute Gasteiger partial charge is 0.338 e. The van der Waals surface area contributed by atoms with Crippen LogP contribution in [-0.2, 0) is 6.42 Å². The summed E-state index contributed by atoms with van der Waals surface area (Å²) in [4.78, 5) is 20.3. The lowest BCUT2D eigenvalue weighted by molar-refractivity contribution is 0.0685. The number of amides is 1. The van der Waals surface area contributed by atoms with Gasteiger partial charge >= 0.3 is 0 Å². The Morgan fingerprint density at radius 2 is 1.96 bits per heavy atom. The first-order valence-corrected chi connectivity index (χ1v) is 10.8. The number of aryl methyl sites for hydroxylation is 1. The zero-order valence-electron chi connectivity index (χ0n) is 16.4. The van der Waals surface area contributed by atoms with Crippen LogP contribution in [0.25, 0.3) is 22.2 Å². The average molecular weight is 437 g/mol. The third-order valence-corrected chi connectivity index (χ3v) is 6.10. The summed E-state index contributed by atoms with van der Waals surface area (Å²) in [6.07, 6.45) is 3.28. The lowest BCUT2D eigenvalue weighted by Crippen LogP contribution is -2.39. The van der Waals surface area contributed by atoms with E-state index in [0.717, 1.165) is 58.1 Å². The number of fused-ring (bicyclic) bond motifs is 1. The van der Waals surface area contributed by atoms with Crippen LogP contribution in [0.4, 0.5) is 0 Å². The molecular weight excluding hydrogens is 412 g/mol.